The van der Waals surface area contributed by atoms with Crippen molar-refractivity contribution in [2.75, 3.05) is 28.3 Å². The topological polar surface area (TPSA) is 51.7 Å². The van der Waals surface area contributed by atoms with E-state index in [0.29, 0.717) is 17.0 Å². The highest BCUT2D eigenvalue weighted by molar-refractivity contribution is 7.13. The summed E-state index contributed by atoms with van der Waals surface area (Å²) in [5.74, 6) is 0.555. The molecule has 2 aliphatic rings. The van der Waals surface area contributed by atoms with E-state index in [1.54, 1.807) is 6.92 Å². The van der Waals surface area contributed by atoms with Gasteiger partial charge < -0.3 is 14.4 Å². The second-order valence-corrected chi connectivity index (χ2v) is 6.53. The summed E-state index contributed by atoms with van der Waals surface area (Å²) in [7, 11) is 6.83. The van der Waals surface area contributed by atoms with Crippen LogP contribution in [-0.4, -0.2) is 38.2 Å². The summed E-state index contributed by atoms with van der Waals surface area (Å²) in [4.78, 5) is 19.9. The number of methoxy groups -OCH3 is 2. The Labute approximate surface area is 145 Å². The van der Waals surface area contributed by atoms with Crippen molar-refractivity contribution in [3.8, 4) is 22.1 Å². The van der Waals surface area contributed by atoms with Crippen LogP contribution in [0, 0.1) is 6.92 Å². The molecule has 0 N–H and O–H groups in total. The van der Waals surface area contributed by atoms with E-state index in [0.717, 1.165) is 20.5 Å². The van der Waals surface area contributed by atoms with E-state index in [-0.39, 0.29) is 11.2 Å². The molecule has 0 amide bonds. The molecule has 0 aromatic heterocycles. The van der Waals surface area contributed by atoms with Gasteiger partial charge >= 0.3 is 0 Å². The average Bonchev–Trinajstić information content (AvgIpc) is 2.57. The maximum absolute atomic E-state index is 12.5. The molecular formula is C18H22N2O3S. The lowest BCUT2D eigenvalue weighted by Gasteiger charge is -2.16. The van der Waals surface area contributed by atoms with Crippen molar-refractivity contribution >= 4 is 23.5 Å². The maximum Gasteiger partial charge on any atom is 0.228 e. The van der Waals surface area contributed by atoms with Crippen LogP contribution in [0.15, 0.2) is 17.1 Å². The molecule has 0 aromatic rings. The maximum atomic E-state index is 12.5. The zero-order chi connectivity index (χ0) is 18.0. The van der Waals surface area contributed by atoms with Crippen molar-refractivity contribution < 1.29 is 9.47 Å². The lowest BCUT2D eigenvalue weighted by Crippen LogP contribution is -2.29. The van der Waals surface area contributed by atoms with E-state index in [2.05, 4.69) is 6.58 Å². The van der Waals surface area contributed by atoms with Crippen LogP contribution in [0.25, 0.3) is 22.7 Å². The van der Waals surface area contributed by atoms with Crippen LogP contribution in [0.1, 0.15) is 12.5 Å². The van der Waals surface area contributed by atoms with Crippen LogP contribution in [0.3, 0.4) is 0 Å². The van der Waals surface area contributed by atoms with Gasteiger partial charge in [0.25, 0.3) is 0 Å². The monoisotopic (exact) mass is 346 g/mol. The molecule has 1 aliphatic carbocycles. The molecule has 0 bridgehead atoms. The van der Waals surface area contributed by atoms with E-state index in [4.69, 9.17) is 14.5 Å². The fourth-order valence-corrected chi connectivity index (χ4v) is 3.33. The van der Waals surface area contributed by atoms with Crippen molar-refractivity contribution in [3.63, 3.8) is 0 Å². The Morgan fingerprint density at radius 3 is 2.38 bits per heavy atom. The highest BCUT2D eigenvalue weighted by Gasteiger charge is 2.24. The molecule has 2 rings (SSSR count). The Kier molecular flexibility index (Phi) is 5.29. The summed E-state index contributed by atoms with van der Waals surface area (Å²) < 4.78 is 11.7. The molecule has 0 aromatic carbocycles. The number of benzene rings is 1. The van der Waals surface area contributed by atoms with Gasteiger partial charge in [-0.25, -0.2) is 4.98 Å². The number of hydrogen-bond donors (Lipinski definition) is 0. The SMILES string of the molecule is C=C(/C=c1/nc2c(OC)c(OC)c(=O)c(C)c-2s/c1=C/C)N(C)C. The Hall–Kier alpha value is -2.34. The largest absolute Gasteiger partial charge is 0.491 e. The molecule has 0 atom stereocenters. The van der Waals surface area contributed by atoms with E-state index in [1.165, 1.54) is 25.6 Å². The van der Waals surface area contributed by atoms with Crippen LogP contribution in [0.5, 0.6) is 11.5 Å². The third-order valence-electron chi connectivity index (χ3n) is 3.77. The molecule has 1 heterocycles. The third-order valence-corrected chi connectivity index (χ3v) is 5.14. The summed E-state index contributed by atoms with van der Waals surface area (Å²) in [6, 6.07) is 0. The van der Waals surface area contributed by atoms with Crippen molar-refractivity contribution in [1.82, 2.24) is 9.88 Å². The first-order valence-electron chi connectivity index (χ1n) is 7.45. The van der Waals surface area contributed by atoms with Gasteiger partial charge in [-0.15, -0.1) is 11.3 Å². The highest BCUT2D eigenvalue weighted by Crippen LogP contribution is 2.37. The normalized spacial score (nSPS) is 12.6. The van der Waals surface area contributed by atoms with E-state index >= 15 is 0 Å². The minimum atomic E-state index is -0.170. The fourth-order valence-electron chi connectivity index (χ4n) is 2.30. The summed E-state index contributed by atoms with van der Waals surface area (Å²) in [5.41, 5.74) is 1.90. The Bertz CT molecular complexity index is 929. The molecule has 6 heteroatoms. The lowest BCUT2D eigenvalue weighted by atomic mass is 10.1. The molecule has 0 unspecified atom stereocenters. The van der Waals surface area contributed by atoms with Crippen LogP contribution in [0.4, 0.5) is 0 Å². The molecule has 128 valence electrons. The minimum Gasteiger partial charge on any atom is -0.491 e. The summed E-state index contributed by atoms with van der Waals surface area (Å²) in [6.45, 7) is 7.76. The van der Waals surface area contributed by atoms with Gasteiger partial charge in [0.05, 0.1) is 24.4 Å². The molecule has 0 fully saturated rings. The summed E-state index contributed by atoms with van der Waals surface area (Å²) in [6.07, 6.45) is 3.89. The first-order valence-corrected chi connectivity index (χ1v) is 8.27. The van der Waals surface area contributed by atoms with Gasteiger partial charge in [0.2, 0.25) is 11.2 Å². The molecule has 0 radical (unpaired) electrons. The first kappa shape index (κ1) is 18.0. The average molecular weight is 346 g/mol. The Morgan fingerprint density at radius 1 is 1.25 bits per heavy atom. The minimum absolute atomic E-state index is 0.170. The number of rotatable bonds is 4. The summed E-state index contributed by atoms with van der Waals surface area (Å²) in [5, 5.41) is 0.784. The second kappa shape index (κ2) is 7.05. The van der Waals surface area contributed by atoms with Gasteiger partial charge in [-0.05, 0) is 19.9 Å². The third kappa shape index (κ3) is 3.01. The molecule has 0 spiro atoms. The smallest absolute Gasteiger partial charge is 0.228 e. The van der Waals surface area contributed by atoms with Crippen molar-refractivity contribution in [3.05, 3.63) is 37.9 Å². The van der Waals surface area contributed by atoms with Gasteiger partial charge in [0, 0.05) is 29.9 Å². The predicted molar refractivity (Wildman–Crippen MR) is 99.5 cm³/mol. The molecule has 1 aliphatic heterocycles. The van der Waals surface area contributed by atoms with E-state index in [9.17, 15) is 4.79 Å². The summed E-state index contributed by atoms with van der Waals surface area (Å²) >= 11 is 1.51. The zero-order valence-electron chi connectivity index (χ0n) is 14.9. The standard InChI is InChI=1S/C18H22N2O3S/c1-8-13-12(9-10(2)20(4)5)19-14-16(22-6)17(23-7)15(21)11(3)18(14)24-13/h8-9H,2H2,1,3-7H3/b12-9+,13-8+. The van der Waals surface area contributed by atoms with Crippen LogP contribution < -0.4 is 24.8 Å². The number of aromatic nitrogens is 1. The number of fused-ring (bicyclic) bond motifs is 1. The predicted octanol–water partition coefficient (Wildman–Crippen LogP) is 1.59. The number of hydrogen-bond acceptors (Lipinski definition) is 6. The second-order valence-electron chi connectivity index (χ2n) is 5.48. The number of allylic oxidation sites excluding steroid dienone is 1. The van der Waals surface area contributed by atoms with E-state index < -0.39 is 0 Å². The van der Waals surface area contributed by atoms with E-state index in [1.807, 2.05) is 38.1 Å². The van der Waals surface area contributed by atoms with Gasteiger partial charge in [-0.2, -0.15) is 0 Å². The van der Waals surface area contributed by atoms with Crippen molar-refractivity contribution in [2.24, 2.45) is 0 Å². The molecular weight excluding hydrogens is 324 g/mol. The van der Waals surface area contributed by atoms with Gasteiger partial charge in [-0.3, -0.25) is 4.79 Å². The molecule has 5 nitrogen and oxygen atoms in total. The zero-order valence-corrected chi connectivity index (χ0v) is 15.7. The molecule has 24 heavy (non-hydrogen) atoms. The Balaban J connectivity index is 3.01. The highest BCUT2D eigenvalue weighted by atomic mass is 32.1. The van der Waals surface area contributed by atoms with Crippen LogP contribution in [-0.2, 0) is 0 Å². The quantitative estimate of drug-likeness (QED) is 0.841. The molecule has 0 saturated carbocycles. The number of ether oxygens (including phenoxy) is 2. The lowest BCUT2D eigenvalue weighted by molar-refractivity contribution is 0.352. The van der Waals surface area contributed by atoms with Gasteiger partial charge in [0.1, 0.15) is 5.69 Å². The number of nitrogens with zero attached hydrogens (tertiary/aromatic N) is 2. The fraction of sp³-hybridized carbons (Fsp3) is 0.333. The van der Waals surface area contributed by atoms with Gasteiger partial charge in [-0.1, -0.05) is 12.7 Å². The van der Waals surface area contributed by atoms with Crippen molar-refractivity contribution in [1.29, 1.82) is 0 Å². The Morgan fingerprint density at radius 2 is 1.88 bits per heavy atom. The van der Waals surface area contributed by atoms with Crippen molar-refractivity contribution in [2.45, 2.75) is 13.8 Å². The first-order chi connectivity index (χ1) is 11.3. The van der Waals surface area contributed by atoms with Crippen LogP contribution in [0.2, 0.25) is 0 Å². The van der Waals surface area contributed by atoms with Gasteiger partial charge in [0.15, 0.2) is 5.75 Å². The molecule has 0 saturated heterocycles. The van der Waals surface area contributed by atoms with Crippen LogP contribution >= 0.6 is 11.3 Å².